The van der Waals surface area contributed by atoms with Crippen molar-refractivity contribution in [3.05, 3.63) is 12.2 Å². The lowest BCUT2D eigenvalue weighted by molar-refractivity contribution is -0.128. The second-order valence-electron chi connectivity index (χ2n) is 3.49. The first-order chi connectivity index (χ1) is 7.24. The molecule has 15 heavy (non-hydrogen) atoms. The molecule has 5 heteroatoms. The van der Waals surface area contributed by atoms with Crippen LogP contribution in [0.5, 0.6) is 0 Å². The van der Waals surface area contributed by atoms with Crippen LogP contribution in [-0.4, -0.2) is 31.4 Å². The van der Waals surface area contributed by atoms with Crippen LogP contribution in [0.2, 0.25) is 0 Å². The van der Waals surface area contributed by atoms with Gasteiger partial charge in [-0.05, 0) is 6.42 Å². The van der Waals surface area contributed by atoms with Crippen molar-refractivity contribution in [1.82, 2.24) is 10.6 Å². The second-order valence-corrected chi connectivity index (χ2v) is 3.49. The maximum Gasteiger partial charge on any atom is 0.225 e. The SMILES string of the molecule is NC/C=C/CNC(=O)C1CCC(=O)NC1. The third-order valence-corrected chi connectivity index (χ3v) is 2.33. The van der Waals surface area contributed by atoms with Crippen molar-refractivity contribution < 1.29 is 9.59 Å². The van der Waals surface area contributed by atoms with Crippen LogP contribution in [0.15, 0.2) is 12.2 Å². The quantitative estimate of drug-likeness (QED) is 0.529. The summed E-state index contributed by atoms with van der Waals surface area (Å²) in [6, 6.07) is 0. The molecule has 0 aromatic heterocycles. The zero-order chi connectivity index (χ0) is 11.1. The van der Waals surface area contributed by atoms with E-state index in [0.717, 1.165) is 0 Å². The summed E-state index contributed by atoms with van der Waals surface area (Å²) in [6.45, 7) is 1.43. The summed E-state index contributed by atoms with van der Waals surface area (Å²) in [4.78, 5) is 22.4. The van der Waals surface area contributed by atoms with E-state index in [2.05, 4.69) is 10.6 Å². The van der Waals surface area contributed by atoms with Crippen LogP contribution in [0.3, 0.4) is 0 Å². The summed E-state index contributed by atoms with van der Waals surface area (Å²) in [5, 5.41) is 5.45. The van der Waals surface area contributed by atoms with E-state index in [0.29, 0.717) is 32.5 Å². The van der Waals surface area contributed by atoms with Crippen LogP contribution >= 0.6 is 0 Å². The van der Waals surface area contributed by atoms with Gasteiger partial charge in [-0.2, -0.15) is 0 Å². The smallest absolute Gasteiger partial charge is 0.225 e. The summed E-state index contributed by atoms with van der Waals surface area (Å²) in [6.07, 6.45) is 4.69. The van der Waals surface area contributed by atoms with E-state index in [1.54, 1.807) is 6.08 Å². The van der Waals surface area contributed by atoms with Crippen molar-refractivity contribution in [3.8, 4) is 0 Å². The highest BCUT2D eigenvalue weighted by Crippen LogP contribution is 2.10. The molecule has 1 fully saturated rings. The molecule has 0 spiro atoms. The Labute approximate surface area is 89.1 Å². The van der Waals surface area contributed by atoms with Crippen LogP contribution in [0.25, 0.3) is 0 Å². The first kappa shape index (κ1) is 11.7. The van der Waals surface area contributed by atoms with Crippen molar-refractivity contribution in [1.29, 1.82) is 0 Å². The maximum absolute atomic E-state index is 11.5. The van der Waals surface area contributed by atoms with Gasteiger partial charge in [-0.1, -0.05) is 12.2 Å². The molecule has 2 amide bonds. The maximum atomic E-state index is 11.5. The van der Waals surface area contributed by atoms with Gasteiger partial charge in [-0.3, -0.25) is 9.59 Å². The zero-order valence-corrected chi connectivity index (χ0v) is 8.66. The van der Waals surface area contributed by atoms with Crippen LogP contribution in [0.1, 0.15) is 12.8 Å². The second kappa shape index (κ2) is 6.19. The Morgan fingerprint density at radius 3 is 3.00 bits per heavy atom. The van der Waals surface area contributed by atoms with Gasteiger partial charge in [-0.25, -0.2) is 0 Å². The summed E-state index contributed by atoms with van der Waals surface area (Å²) in [7, 11) is 0. The van der Waals surface area contributed by atoms with Gasteiger partial charge < -0.3 is 16.4 Å². The standard InChI is InChI=1S/C10H17N3O2/c11-5-1-2-6-12-10(15)8-3-4-9(14)13-7-8/h1-2,8H,3-7,11H2,(H,12,15)(H,13,14)/b2-1+. The molecule has 1 saturated heterocycles. The molecule has 1 rings (SSSR count). The average Bonchev–Trinajstić information content (AvgIpc) is 2.25. The van der Waals surface area contributed by atoms with Crippen LogP contribution in [-0.2, 0) is 9.59 Å². The van der Waals surface area contributed by atoms with Crippen molar-refractivity contribution in [3.63, 3.8) is 0 Å². The number of carbonyl (C=O) groups excluding carboxylic acids is 2. The Hall–Kier alpha value is -1.36. The number of piperidine rings is 1. The summed E-state index contributed by atoms with van der Waals surface area (Å²) in [5.41, 5.74) is 5.26. The van der Waals surface area contributed by atoms with E-state index < -0.39 is 0 Å². The molecule has 0 aromatic carbocycles. The Bertz CT molecular complexity index is 253. The third kappa shape index (κ3) is 4.12. The molecule has 1 aliphatic heterocycles. The van der Waals surface area contributed by atoms with Gasteiger partial charge in [0.1, 0.15) is 0 Å². The van der Waals surface area contributed by atoms with Gasteiger partial charge in [0.05, 0.1) is 5.92 Å². The Balaban J connectivity index is 2.22. The van der Waals surface area contributed by atoms with E-state index in [-0.39, 0.29) is 17.7 Å². The van der Waals surface area contributed by atoms with Gasteiger partial charge in [0.25, 0.3) is 0 Å². The van der Waals surface area contributed by atoms with E-state index >= 15 is 0 Å². The summed E-state index contributed by atoms with van der Waals surface area (Å²) < 4.78 is 0. The highest BCUT2D eigenvalue weighted by atomic mass is 16.2. The molecule has 4 N–H and O–H groups in total. The first-order valence-corrected chi connectivity index (χ1v) is 5.13. The lowest BCUT2D eigenvalue weighted by Crippen LogP contribution is -2.42. The highest BCUT2D eigenvalue weighted by molar-refractivity contribution is 5.83. The fourth-order valence-electron chi connectivity index (χ4n) is 1.44. The van der Waals surface area contributed by atoms with Gasteiger partial charge in [0.15, 0.2) is 0 Å². The van der Waals surface area contributed by atoms with Crippen molar-refractivity contribution in [2.24, 2.45) is 11.7 Å². The molecule has 1 heterocycles. The normalized spacial score (nSPS) is 21.4. The van der Waals surface area contributed by atoms with Crippen LogP contribution in [0, 0.1) is 5.92 Å². The number of hydrogen-bond acceptors (Lipinski definition) is 3. The van der Waals surface area contributed by atoms with E-state index in [1.807, 2.05) is 6.08 Å². The third-order valence-electron chi connectivity index (χ3n) is 2.33. The van der Waals surface area contributed by atoms with Crippen LogP contribution in [0.4, 0.5) is 0 Å². The molecule has 1 atom stereocenters. The number of amides is 2. The predicted molar refractivity (Wildman–Crippen MR) is 56.9 cm³/mol. The lowest BCUT2D eigenvalue weighted by Gasteiger charge is -2.21. The van der Waals surface area contributed by atoms with Crippen molar-refractivity contribution >= 4 is 11.8 Å². The molecule has 0 saturated carbocycles. The molecular formula is C10H17N3O2. The molecule has 0 radical (unpaired) electrons. The average molecular weight is 211 g/mol. The molecule has 0 bridgehead atoms. The topological polar surface area (TPSA) is 84.2 Å². The number of carbonyl (C=O) groups is 2. The molecule has 84 valence electrons. The monoisotopic (exact) mass is 211 g/mol. The Morgan fingerprint density at radius 2 is 2.40 bits per heavy atom. The van der Waals surface area contributed by atoms with Crippen molar-refractivity contribution in [2.75, 3.05) is 19.6 Å². The largest absolute Gasteiger partial charge is 0.355 e. The van der Waals surface area contributed by atoms with E-state index in [9.17, 15) is 9.59 Å². The fourth-order valence-corrected chi connectivity index (χ4v) is 1.44. The van der Waals surface area contributed by atoms with Gasteiger partial charge in [-0.15, -0.1) is 0 Å². The van der Waals surface area contributed by atoms with Gasteiger partial charge >= 0.3 is 0 Å². The van der Waals surface area contributed by atoms with Crippen molar-refractivity contribution in [2.45, 2.75) is 12.8 Å². The Morgan fingerprint density at radius 1 is 1.60 bits per heavy atom. The highest BCUT2D eigenvalue weighted by Gasteiger charge is 2.23. The number of nitrogens with one attached hydrogen (secondary N) is 2. The van der Waals surface area contributed by atoms with E-state index in [4.69, 9.17) is 5.73 Å². The van der Waals surface area contributed by atoms with Gasteiger partial charge in [0.2, 0.25) is 11.8 Å². The number of hydrogen-bond donors (Lipinski definition) is 3. The molecule has 0 aliphatic carbocycles. The molecule has 1 aliphatic rings. The van der Waals surface area contributed by atoms with Crippen LogP contribution < -0.4 is 16.4 Å². The first-order valence-electron chi connectivity index (χ1n) is 5.13. The predicted octanol–water partition coefficient (Wildman–Crippen LogP) is -0.856. The minimum atomic E-state index is -0.0889. The molecule has 1 unspecified atom stereocenters. The van der Waals surface area contributed by atoms with Gasteiger partial charge in [0, 0.05) is 26.1 Å². The molecule has 0 aromatic rings. The summed E-state index contributed by atoms with van der Waals surface area (Å²) >= 11 is 0. The Kier molecular flexibility index (Phi) is 4.83. The zero-order valence-electron chi connectivity index (χ0n) is 8.66. The minimum absolute atomic E-state index is 0.00308. The molecular weight excluding hydrogens is 194 g/mol. The number of nitrogens with two attached hydrogens (primary N) is 1. The van der Waals surface area contributed by atoms with E-state index in [1.165, 1.54) is 0 Å². The minimum Gasteiger partial charge on any atom is -0.355 e. The number of rotatable bonds is 4. The summed E-state index contributed by atoms with van der Waals surface area (Å²) in [5.74, 6) is -0.0623. The molecule has 5 nitrogen and oxygen atoms in total. The fraction of sp³-hybridized carbons (Fsp3) is 0.600. The lowest BCUT2D eigenvalue weighted by atomic mass is 9.98.